The van der Waals surface area contributed by atoms with Gasteiger partial charge in [-0.2, -0.15) is 0 Å². The van der Waals surface area contributed by atoms with Gasteiger partial charge in [0.25, 0.3) is 0 Å². The maximum atomic E-state index is 12.0. The number of aryl methyl sites for hydroxylation is 2. The number of aliphatic hydroxyl groups excluding tert-OH is 1. The van der Waals surface area contributed by atoms with Crippen molar-refractivity contribution >= 4 is 38.4 Å². The topological polar surface area (TPSA) is 63.3 Å². The van der Waals surface area contributed by atoms with Crippen LogP contribution in [0.5, 0.6) is 0 Å². The van der Waals surface area contributed by atoms with Crippen molar-refractivity contribution < 1.29 is 34.4 Å². The number of benzene rings is 4. The number of fused-ring (bicyclic) bond motifs is 5. The Hall–Kier alpha value is -3.27. The van der Waals surface area contributed by atoms with Gasteiger partial charge in [-0.1, -0.05) is 96.5 Å². The molecule has 4 aromatic carbocycles. The van der Waals surface area contributed by atoms with Crippen LogP contribution in [0.3, 0.4) is 0 Å². The van der Waals surface area contributed by atoms with Crippen molar-refractivity contribution in [3.63, 3.8) is 0 Å². The second kappa shape index (κ2) is 14.3. The van der Waals surface area contributed by atoms with Crippen molar-refractivity contribution in [2.45, 2.75) is 74.1 Å². The summed E-state index contributed by atoms with van der Waals surface area (Å²) in [5.41, 5.74) is 4.58. The number of aromatic nitrogens is 1. The molecule has 0 aliphatic rings. The fourth-order valence-corrected chi connectivity index (χ4v) is 5.33. The van der Waals surface area contributed by atoms with Gasteiger partial charge in [-0.05, 0) is 47.9 Å². The van der Waals surface area contributed by atoms with E-state index in [9.17, 15) is 9.90 Å². The number of hydrogen-bond acceptors (Lipinski definition) is 4. The van der Waals surface area contributed by atoms with E-state index in [1.54, 1.807) is 0 Å². The molecule has 5 heteroatoms. The minimum atomic E-state index is -0.319. The van der Waals surface area contributed by atoms with Gasteiger partial charge in [0, 0.05) is 42.9 Å². The number of oxazole rings is 1. The number of ketones is 1. The summed E-state index contributed by atoms with van der Waals surface area (Å²) in [5.74, 6) is 1.06. The zero-order chi connectivity index (χ0) is 29.7. The molecule has 5 aromatic rings. The Balaban J connectivity index is 0.000000251. The number of nitrogens with zero attached hydrogens (tertiary/aromatic N) is 1. The van der Waals surface area contributed by atoms with Crippen molar-refractivity contribution in [2.24, 2.45) is 11.3 Å². The summed E-state index contributed by atoms with van der Waals surface area (Å²) in [7, 11) is 0. The van der Waals surface area contributed by atoms with Crippen LogP contribution in [0.4, 0.5) is 0 Å². The molecule has 0 aliphatic carbocycles. The number of carbonyl (C=O) groups excluding carboxylic acids is 1. The summed E-state index contributed by atoms with van der Waals surface area (Å²) < 4.78 is 6.24. The Labute approximate surface area is 263 Å². The predicted molar refractivity (Wildman–Crippen MR) is 171 cm³/mol. The molecule has 0 fully saturated rings. The molecule has 0 unspecified atom stereocenters. The molecule has 42 heavy (non-hydrogen) atoms. The number of rotatable bonds is 8. The molecule has 1 heterocycles. The molecule has 0 aliphatic heterocycles. The summed E-state index contributed by atoms with van der Waals surface area (Å²) in [4.78, 5) is 16.8. The van der Waals surface area contributed by atoms with Crippen LogP contribution in [-0.2, 0) is 24.9 Å². The Kier molecular flexibility index (Phi) is 11.3. The van der Waals surface area contributed by atoms with Crippen molar-refractivity contribution in [2.75, 3.05) is 0 Å². The average Bonchev–Trinajstić information content (AvgIpc) is 3.42. The van der Waals surface area contributed by atoms with Crippen LogP contribution in [-0.4, -0.2) is 15.9 Å². The molecule has 223 valence electrons. The van der Waals surface area contributed by atoms with E-state index in [1.165, 1.54) is 27.8 Å². The van der Waals surface area contributed by atoms with E-state index in [4.69, 9.17) is 9.40 Å². The van der Waals surface area contributed by atoms with E-state index >= 15 is 0 Å². The standard InChI is InChI=1S/C23H16NO.C14H26O2.Ir/c1-14-11-15(2)13-18(12-14)23-24-20-10-9-17-8-7-16-5-3-4-6-19(16)21(17)22(20)25-23;1-6-11(7-2)12(15)10-13(16)14(5,8-3)9-4;/h3-12H,1-2H3;10-11,15H,6-9H2,1-5H3;/q-1;;/b;12-10-;. The summed E-state index contributed by atoms with van der Waals surface area (Å²) in [6, 6.07) is 24.4. The zero-order valence-electron chi connectivity index (χ0n) is 25.8. The van der Waals surface area contributed by atoms with Crippen LogP contribution < -0.4 is 0 Å². The van der Waals surface area contributed by atoms with Gasteiger partial charge in [0.1, 0.15) is 11.5 Å². The number of hydrogen-bond donors (Lipinski definition) is 1. The van der Waals surface area contributed by atoms with Crippen LogP contribution in [0.25, 0.3) is 44.1 Å². The smallest absolute Gasteiger partial charge is 0.164 e. The Morgan fingerprint density at radius 2 is 1.62 bits per heavy atom. The van der Waals surface area contributed by atoms with E-state index in [-0.39, 0.29) is 43.0 Å². The monoisotopic (exact) mass is 741 g/mol. The maximum Gasteiger partial charge on any atom is 0.164 e. The van der Waals surface area contributed by atoms with Crippen LogP contribution in [0, 0.1) is 31.2 Å². The van der Waals surface area contributed by atoms with Gasteiger partial charge in [0.2, 0.25) is 0 Å². The van der Waals surface area contributed by atoms with E-state index in [0.717, 1.165) is 53.3 Å². The van der Waals surface area contributed by atoms with Gasteiger partial charge in [0.05, 0.1) is 11.3 Å². The molecular formula is C37H42IrNO3-. The van der Waals surface area contributed by atoms with E-state index in [1.807, 2.05) is 47.6 Å². The molecule has 1 aromatic heterocycles. The van der Waals surface area contributed by atoms with E-state index in [2.05, 4.69) is 67.6 Å². The minimum Gasteiger partial charge on any atom is -0.512 e. The van der Waals surface area contributed by atoms with Crippen LogP contribution in [0.2, 0.25) is 0 Å². The third-order valence-electron chi connectivity index (χ3n) is 8.48. The summed E-state index contributed by atoms with van der Waals surface area (Å²) >= 11 is 0. The normalized spacial score (nSPS) is 12.0. The van der Waals surface area contributed by atoms with Gasteiger partial charge in [-0.25, -0.2) is 0 Å². The molecule has 0 saturated heterocycles. The summed E-state index contributed by atoms with van der Waals surface area (Å²) in [6.45, 7) is 14.2. The fourth-order valence-electron chi connectivity index (χ4n) is 5.33. The molecule has 1 radical (unpaired) electrons. The van der Waals surface area contributed by atoms with Crippen LogP contribution in [0.1, 0.15) is 71.4 Å². The maximum absolute atomic E-state index is 12.0. The van der Waals surface area contributed by atoms with Crippen LogP contribution in [0.15, 0.2) is 76.9 Å². The van der Waals surface area contributed by atoms with Crippen molar-refractivity contribution in [3.8, 4) is 11.5 Å². The average molecular weight is 741 g/mol. The zero-order valence-corrected chi connectivity index (χ0v) is 28.2. The number of aliphatic hydroxyl groups is 1. The predicted octanol–water partition coefficient (Wildman–Crippen LogP) is 10.5. The first-order valence-electron chi connectivity index (χ1n) is 14.8. The van der Waals surface area contributed by atoms with Gasteiger partial charge in [-0.15, -0.1) is 29.3 Å². The first kappa shape index (κ1) is 33.2. The van der Waals surface area contributed by atoms with Crippen LogP contribution >= 0.6 is 0 Å². The largest absolute Gasteiger partial charge is 0.512 e. The molecular weight excluding hydrogens is 699 g/mol. The third kappa shape index (κ3) is 7.02. The molecule has 0 spiro atoms. The Morgan fingerprint density at radius 1 is 0.976 bits per heavy atom. The second-order valence-corrected chi connectivity index (χ2v) is 11.3. The summed E-state index contributed by atoms with van der Waals surface area (Å²) in [5, 5.41) is 14.6. The van der Waals surface area contributed by atoms with Gasteiger partial charge in [0.15, 0.2) is 5.78 Å². The number of allylic oxidation sites excluding steroid dienone is 2. The SMILES string of the molecule is CCC(CC)/C(O)=C/C(=O)C(C)(CC)CC.Cc1[c-]c(-c2nc3ccc4ccc5ccccc5c4c3o2)cc(C)c1.[Ir]. The quantitative estimate of drug-likeness (QED) is 0.0745. The van der Waals surface area contributed by atoms with E-state index < -0.39 is 0 Å². The molecule has 0 atom stereocenters. The molecule has 0 amide bonds. The Morgan fingerprint density at radius 3 is 2.26 bits per heavy atom. The molecule has 5 rings (SSSR count). The van der Waals surface area contributed by atoms with Gasteiger partial charge >= 0.3 is 0 Å². The van der Waals surface area contributed by atoms with E-state index in [0.29, 0.717) is 5.89 Å². The molecule has 0 bridgehead atoms. The van der Waals surface area contributed by atoms with Gasteiger partial charge in [-0.3, -0.25) is 9.78 Å². The Bertz CT molecular complexity index is 1690. The first-order chi connectivity index (χ1) is 19.6. The fraction of sp³-hybridized carbons (Fsp3) is 0.351. The molecule has 1 N–H and O–H groups in total. The van der Waals surface area contributed by atoms with Crippen molar-refractivity contribution in [1.82, 2.24) is 4.98 Å². The minimum absolute atomic E-state index is 0. The molecule has 0 saturated carbocycles. The first-order valence-corrected chi connectivity index (χ1v) is 14.8. The van der Waals surface area contributed by atoms with Gasteiger partial charge < -0.3 is 9.52 Å². The van der Waals surface area contributed by atoms with Crippen molar-refractivity contribution in [3.05, 3.63) is 89.7 Å². The summed E-state index contributed by atoms with van der Waals surface area (Å²) in [6.07, 6.45) is 4.83. The van der Waals surface area contributed by atoms with Crippen molar-refractivity contribution in [1.29, 1.82) is 0 Å². The number of carbonyl (C=O) groups is 1. The molecule has 4 nitrogen and oxygen atoms in total. The second-order valence-electron chi connectivity index (χ2n) is 11.3. The third-order valence-corrected chi connectivity index (χ3v) is 8.48.